The molecular weight excluding hydrogens is 310 g/mol. The number of piperazine rings is 1. The molecule has 138 valence electrons. The minimum atomic E-state index is 0.260. The molecule has 1 saturated carbocycles. The van der Waals surface area contributed by atoms with Gasteiger partial charge in [0.15, 0.2) is 6.54 Å². The van der Waals surface area contributed by atoms with Crippen LogP contribution in [0.25, 0.3) is 0 Å². The lowest BCUT2D eigenvalue weighted by atomic mass is 9.86. The monoisotopic (exact) mass is 345 g/mol. The molecule has 1 aromatic carbocycles. The molecule has 1 saturated heterocycles. The fourth-order valence-corrected chi connectivity index (χ4v) is 4.40. The number of carbonyl (C=O) groups is 1. The molecule has 0 unspecified atom stereocenters. The zero-order valence-corrected chi connectivity index (χ0v) is 15.9. The Balaban J connectivity index is 1.40. The van der Waals surface area contributed by atoms with Crippen LogP contribution in [0.5, 0.6) is 0 Å². The minimum absolute atomic E-state index is 0.260. The molecule has 4 heteroatoms. The van der Waals surface area contributed by atoms with E-state index in [0.717, 1.165) is 39.1 Å². The molecule has 0 radical (unpaired) electrons. The van der Waals surface area contributed by atoms with Crippen LogP contribution in [0.3, 0.4) is 0 Å². The van der Waals surface area contributed by atoms with Crippen molar-refractivity contribution in [1.82, 2.24) is 5.32 Å². The Morgan fingerprint density at radius 1 is 1.08 bits per heavy atom. The Morgan fingerprint density at radius 2 is 1.76 bits per heavy atom. The van der Waals surface area contributed by atoms with E-state index in [0.29, 0.717) is 18.5 Å². The van der Waals surface area contributed by atoms with E-state index in [1.165, 1.54) is 35.3 Å². The molecule has 2 fully saturated rings. The maximum absolute atomic E-state index is 12.4. The zero-order valence-electron chi connectivity index (χ0n) is 15.9. The van der Waals surface area contributed by atoms with Gasteiger partial charge in [-0.2, -0.15) is 0 Å². The quantitative estimate of drug-likeness (QED) is 0.689. The Kier molecular flexibility index (Phi) is 6.49. The van der Waals surface area contributed by atoms with E-state index < -0.39 is 0 Å². The van der Waals surface area contributed by atoms with Gasteiger partial charge < -0.3 is 15.1 Å². The maximum atomic E-state index is 12.4. The van der Waals surface area contributed by atoms with Crippen LogP contribution < -0.4 is 15.1 Å². The van der Waals surface area contributed by atoms with Gasteiger partial charge in [-0.05, 0) is 31.2 Å². The zero-order chi connectivity index (χ0) is 17.6. The maximum Gasteiger partial charge on any atom is 0.275 e. The van der Waals surface area contributed by atoms with E-state index in [4.69, 9.17) is 0 Å². The van der Waals surface area contributed by atoms with Gasteiger partial charge in [-0.1, -0.05) is 44.0 Å². The van der Waals surface area contributed by atoms with Gasteiger partial charge in [0.1, 0.15) is 32.7 Å². The lowest BCUT2D eigenvalue weighted by molar-refractivity contribution is -1.02. The summed E-state index contributed by atoms with van der Waals surface area (Å²) in [6, 6.07) is 9.11. The molecule has 2 atom stereocenters. The fourth-order valence-electron chi connectivity index (χ4n) is 4.40. The molecule has 0 aromatic heterocycles. The summed E-state index contributed by atoms with van der Waals surface area (Å²) in [5, 5.41) is 3.31. The molecule has 3 N–H and O–H groups in total. The van der Waals surface area contributed by atoms with Crippen molar-refractivity contribution in [2.45, 2.75) is 52.1 Å². The number of amides is 1. The third-order valence-corrected chi connectivity index (χ3v) is 6.23. The van der Waals surface area contributed by atoms with E-state index in [2.05, 4.69) is 43.4 Å². The summed E-state index contributed by atoms with van der Waals surface area (Å²) in [4.78, 5) is 15.5. The number of nitrogens with one attached hydrogen (secondary N) is 3. The largest absolute Gasteiger partial charge is 0.348 e. The fraction of sp³-hybridized carbons (Fsp3) is 0.667. The highest BCUT2D eigenvalue weighted by Crippen LogP contribution is 2.23. The van der Waals surface area contributed by atoms with Gasteiger partial charge in [0.05, 0.1) is 0 Å². The third kappa shape index (κ3) is 5.29. The molecule has 1 aromatic rings. The van der Waals surface area contributed by atoms with Gasteiger partial charge >= 0.3 is 0 Å². The number of quaternary nitrogens is 2. The van der Waals surface area contributed by atoms with Gasteiger partial charge in [-0.15, -0.1) is 0 Å². The first-order valence-corrected chi connectivity index (χ1v) is 10.1. The topological polar surface area (TPSA) is 38.0 Å². The van der Waals surface area contributed by atoms with Gasteiger partial charge in [0.25, 0.3) is 5.91 Å². The average molecular weight is 346 g/mol. The molecular formula is C21H35N3O+2. The lowest BCUT2D eigenvalue weighted by Gasteiger charge is -2.32. The van der Waals surface area contributed by atoms with Crippen molar-refractivity contribution in [1.29, 1.82) is 0 Å². The van der Waals surface area contributed by atoms with Crippen molar-refractivity contribution in [2.24, 2.45) is 5.92 Å². The van der Waals surface area contributed by atoms with Crippen LogP contribution in [0.2, 0.25) is 0 Å². The van der Waals surface area contributed by atoms with Crippen LogP contribution in [0.1, 0.15) is 43.7 Å². The Labute approximate surface area is 152 Å². The molecule has 1 aliphatic heterocycles. The van der Waals surface area contributed by atoms with Crippen molar-refractivity contribution in [3.63, 3.8) is 0 Å². The van der Waals surface area contributed by atoms with Crippen LogP contribution in [0, 0.1) is 12.8 Å². The van der Waals surface area contributed by atoms with Gasteiger partial charge in [0.2, 0.25) is 0 Å². The molecule has 3 rings (SSSR count). The molecule has 2 aliphatic rings. The van der Waals surface area contributed by atoms with Crippen LogP contribution in [0.15, 0.2) is 24.3 Å². The molecule has 1 amide bonds. The van der Waals surface area contributed by atoms with Crippen molar-refractivity contribution in [2.75, 3.05) is 32.7 Å². The SMILES string of the molecule is Cc1ccccc1C[NH+]1CC[NH+](CC(=O)N[C@H]2CCCC[C@H]2C)CC1. The average Bonchev–Trinajstić information content (AvgIpc) is 2.61. The molecule has 0 spiro atoms. The van der Waals surface area contributed by atoms with Crippen LogP contribution >= 0.6 is 0 Å². The second-order valence-corrected chi connectivity index (χ2v) is 8.22. The van der Waals surface area contributed by atoms with Crippen LogP contribution in [-0.4, -0.2) is 44.7 Å². The highest BCUT2D eigenvalue weighted by atomic mass is 16.2. The first kappa shape index (κ1) is 18.4. The normalized spacial score (nSPS) is 30.0. The van der Waals surface area contributed by atoms with E-state index in [-0.39, 0.29) is 5.91 Å². The second kappa shape index (κ2) is 8.81. The standard InChI is InChI=1S/C21H33N3O/c1-17-7-3-5-9-19(17)15-23-11-13-24(14-12-23)16-21(25)22-20-10-6-4-8-18(20)2/h3,5,7,9,18,20H,4,6,8,10-16H2,1-2H3,(H,22,25)/p+2/t18-,20+/m1/s1. The summed E-state index contributed by atoms with van der Waals surface area (Å²) in [7, 11) is 0. The number of benzene rings is 1. The molecule has 4 nitrogen and oxygen atoms in total. The van der Waals surface area contributed by atoms with Gasteiger partial charge in [-0.25, -0.2) is 0 Å². The van der Waals surface area contributed by atoms with Crippen molar-refractivity contribution < 1.29 is 14.6 Å². The summed E-state index contributed by atoms with van der Waals surface area (Å²) in [6.07, 6.45) is 5.02. The van der Waals surface area contributed by atoms with Crippen molar-refractivity contribution in [3.05, 3.63) is 35.4 Å². The van der Waals surface area contributed by atoms with Gasteiger partial charge in [0, 0.05) is 11.6 Å². The van der Waals surface area contributed by atoms with Crippen LogP contribution in [0.4, 0.5) is 0 Å². The second-order valence-electron chi connectivity index (χ2n) is 8.22. The van der Waals surface area contributed by atoms with E-state index in [9.17, 15) is 4.79 Å². The summed E-state index contributed by atoms with van der Waals surface area (Å²) >= 11 is 0. The summed E-state index contributed by atoms with van der Waals surface area (Å²) in [6.45, 7) is 10.8. The number of hydrogen-bond acceptors (Lipinski definition) is 1. The lowest BCUT2D eigenvalue weighted by Crippen LogP contribution is -3.28. The molecule has 25 heavy (non-hydrogen) atoms. The van der Waals surface area contributed by atoms with Crippen molar-refractivity contribution in [3.8, 4) is 0 Å². The molecule has 1 heterocycles. The van der Waals surface area contributed by atoms with Crippen LogP contribution in [-0.2, 0) is 11.3 Å². The molecule has 1 aliphatic carbocycles. The number of carbonyl (C=O) groups excluding carboxylic acids is 1. The summed E-state index contributed by atoms with van der Waals surface area (Å²) < 4.78 is 0. The summed E-state index contributed by atoms with van der Waals surface area (Å²) in [5.74, 6) is 0.902. The predicted octanol–water partition coefficient (Wildman–Crippen LogP) is -0.0267. The van der Waals surface area contributed by atoms with E-state index in [1.807, 2.05) is 0 Å². The smallest absolute Gasteiger partial charge is 0.275 e. The number of rotatable bonds is 5. The Hall–Kier alpha value is -1.39. The predicted molar refractivity (Wildman–Crippen MR) is 101 cm³/mol. The highest BCUT2D eigenvalue weighted by Gasteiger charge is 2.27. The number of hydrogen-bond donors (Lipinski definition) is 3. The van der Waals surface area contributed by atoms with E-state index in [1.54, 1.807) is 4.90 Å². The minimum Gasteiger partial charge on any atom is -0.348 e. The Morgan fingerprint density at radius 3 is 2.48 bits per heavy atom. The first-order chi connectivity index (χ1) is 12.1. The van der Waals surface area contributed by atoms with Crippen molar-refractivity contribution >= 4 is 5.91 Å². The first-order valence-electron chi connectivity index (χ1n) is 10.1. The highest BCUT2D eigenvalue weighted by molar-refractivity contribution is 5.77. The molecule has 0 bridgehead atoms. The summed E-state index contributed by atoms with van der Waals surface area (Å²) in [5.41, 5.74) is 2.86. The number of aryl methyl sites for hydroxylation is 1. The van der Waals surface area contributed by atoms with E-state index >= 15 is 0 Å². The van der Waals surface area contributed by atoms with Gasteiger partial charge in [-0.3, -0.25) is 4.79 Å². The third-order valence-electron chi connectivity index (χ3n) is 6.23. The Bertz CT molecular complexity index is 566.